The molecule has 1 aliphatic heterocycles. The summed E-state index contributed by atoms with van der Waals surface area (Å²) in [5.74, 6) is -0.833. The zero-order valence-electron chi connectivity index (χ0n) is 13.1. The number of hydrogen-bond donors (Lipinski definition) is 1. The number of fused-ring (bicyclic) bond motifs is 1. The molecule has 2 aromatic rings. The van der Waals surface area contributed by atoms with Crippen LogP contribution in [0.5, 0.6) is 0 Å². The van der Waals surface area contributed by atoms with Crippen molar-refractivity contribution in [2.75, 3.05) is 6.61 Å². The highest BCUT2D eigenvalue weighted by atomic mass is 32.1. The van der Waals surface area contributed by atoms with E-state index in [-0.39, 0.29) is 5.60 Å². The van der Waals surface area contributed by atoms with Gasteiger partial charge in [-0.15, -0.1) is 11.3 Å². The van der Waals surface area contributed by atoms with E-state index in [1.54, 1.807) is 11.3 Å². The fraction of sp³-hybridized carbons (Fsp3) is 0.412. The van der Waals surface area contributed by atoms with E-state index in [0.29, 0.717) is 0 Å². The van der Waals surface area contributed by atoms with Crippen molar-refractivity contribution in [3.8, 4) is 10.6 Å². The molecule has 1 aromatic heterocycles. The molecule has 0 amide bonds. The Hall–Kier alpha value is -1.72. The highest BCUT2D eigenvalue weighted by Gasteiger charge is 2.34. The number of hydrogen-bond acceptors (Lipinski definition) is 4. The SMILES string of the molecule is CC(=O)O.CCC1(C)OCCc2nc(-c3ccccc3)sc21. The monoisotopic (exact) mass is 319 g/mol. The molecule has 118 valence electrons. The molecule has 5 heteroatoms. The Labute approximate surface area is 134 Å². The Morgan fingerprint density at radius 3 is 2.64 bits per heavy atom. The second kappa shape index (κ2) is 7.03. The molecule has 0 fully saturated rings. The van der Waals surface area contributed by atoms with Crippen molar-refractivity contribution in [3.05, 3.63) is 40.9 Å². The minimum absolute atomic E-state index is 0.141. The average Bonchev–Trinajstić information content (AvgIpc) is 2.93. The van der Waals surface area contributed by atoms with Gasteiger partial charge in [0, 0.05) is 18.9 Å². The third-order valence-electron chi connectivity index (χ3n) is 3.63. The minimum atomic E-state index is -0.833. The maximum Gasteiger partial charge on any atom is 0.300 e. The highest BCUT2D eigenvalue weighted by molar-refractivity contribution is 7.15. The van der Waals surface area contributed by atoms with Crippen molar-refractivity contribution in [2.45, 2.75) is 39.2 Å². The number of thiazole rings is 1. The fourth-order valence-electron chi connectivity index (χ4n) is 2.34. The van der Waals surface area contributed by atoms with Crippen molar-refractivity contribution in [2.24, 2.45) is 0 Å². The molecule has 0 aliphatic carbocycles. The lowest BCUT2D eigenvalue weighted by atomic mass is 9.96. The third-order valence-corrected chi connectivity index (χ3v) is 5.02. The summed E-state index contributed by atoms with van der Waals surface area (Å²) >= 11 is 1.78. The van der Waals surface area contributed by atoms with Crippen LogP contribution in [0.2, 0.25) is 0 Å². The first kappa shape index (κ1) is 16.6. The fourth-order valence-corrected chi connectivity index (χ4v) is 3.63. The zero-order chi connectivity index (χ0) is 16.2. The molecule has 0 radical (unpaired) electrons. The van der Waals surface area contributed by atoms with Crippen molar-refractivity contribution in [1.29, 1.82) is 0 Å². The summed E-state index contributed by atoms with van der Waals surface area (Å²) in [5, 5.41) is 8.53. The van der Waals surface area contributed by atoms with Gasteiger partial charge in [0.25, 0.3) is 5.97 Å². The Balaban J connectivity index is 0.000000396. The summed E-state index contributed by atoms with van der Waals surface area (Å²) in [6, 6.07) is 10.4. The molecule has 1 N–H and O–H groups in total. The smallest absolute Gasteiger partial charge is 0.300 e. The summed E-state index contributed by atoms with van der Waals surface area (Å²) in [5.41, 5.74) is 2.29. The number of benzene rings is 1. The molecule has 0 saturated heterocycles. The van der Waals surface area contributed by atoms with Crippen LogP contribution in [0.25, 0.3) is 10.6 Å². The largest absolute Gasteiger partial charge is 0.481 e. The van der Waals surface area contributed by atoms with E-state index in [0.717, 1.165) is 31.4 Å². The second-order valence-corrected chi connectivity index (χ2v) is 6.36. The highest BCUT2D eigenvalue weighted by Crippen LogP contribution is 2.41. The van der Waals surface area contributed by atoms with Crippen molar-refractivity contribution < 1.29 is 14.6 Å². The van der Waals surface area contributed by atoms with Crippen molar-refractivity contribution >= 4 is 17.3 Å². The van der Waals surface area contributed by atoms with Gasteiger partial charge in [-0.3, -0.25) is 4.79 Å². The summed E-state index contributed by atoms with van der Waals surface area (Å²) in [4.78, 5) is 15.1. The van der Waals surface area contributed by atoms with E-state index in [9.17, 15) is 0 Å². The molecule has 1 atom stereocenters. The van der Waals surface area contributed by atoms with E-state index in [1.165, 1.54) is 16.1 Å². The van der Waals surface area contributed by atoms with Crippen LogP contribution in [0.15, 0.2) is 30.3 Å². The van der Waals surface area contributed by atoms with Crippen LogP contribution in [0, 0.1) is 0 Å². The molecule has 2 heterocycles. The van der Waals surface area contributed by atoms with E-state index < -0.39 is 5.97 Å². The zero-order valence-corrected chi connectivity index (χ0v) is 13.9. The Kier molecular flexibility index (Phi) is 5.32. The second-order valence-electron chi connectivity index (χ2n) is 5.36. The number of ether oxygens (including phenoxy) is 1. The summed E-state index contributed by atoms with van der Waals surface area (Å²) in [6.07, 6.45) is 1.94. The number of aromatic nitrogens is 1. The van der Waals surface area contributed by atoms with Crippen LogP contribution in [-0.2, 0) is 21.6 Å². The molecule has 22 heavy (non-hydrogen) atoms. The van der Waals surface area contributed by atoms with Crippen LogP contribution in [0.1, 0.15) is 37.8 Å². The molecule has 0 saturated carbocycles. The van der Waals surface area contributed by atoms with E-state index in [4.69, 9.17) is 19.6 Å². The number of carboxylic acid groups (broad SMARTS) is 1. The van der Waals surface area contributed by atoms with Crippen LogP contribution in [0.3, 0.4) is 0 Å². The molecule has 1 aliphatic rings. The predicted molar refractivity (Wildman–Crippen MR) is 88.2 cm³/mol. The minimum Gasteiger partial charge on any atom is -0.481 e. The maximum atomic E-state index is 9.00. The van der Waals surface area contributed by atoms with Crippen molar-refractivity contribution in [3.63, 3.8) is 0 Å². The lowest BCUT2D eigenvalue weighted by molar-refractivity contribution is -0.134. The molecular formula is C17H21NO3S. The van der Waals surface area contributed by atoms with Crippen LogP contribution < -0.4 is 0 Å². The summed E-state index contributed by atoms with van der Waals surface area (Å²) < 4.78 is 5.96. The van der Waals surface area contributed by atoms with Gasteiger partial charge in [0.1, 0.15) is 10.6 Å². The quantitative estimate of drug-likeness (QED) is 0.905. The lowest BCUT2D eigenvalue weighted by Gasteiger charge is -2.31. The number of carbonyl (C=O) groups is 1. The summed E-state index contributed by atoms with van der Waals surface area (Å²) in [6.45, 7) is 6.23. The standard InChI is InChI=1S/C15H17NOS.C2H4O2/c1-3-15(2)13-12(9-10-17-15)16-14(18-13)11-7-5-4-6-8-11;1-2(3)4/h4-8H,3,9-10H2,1-2H3;1H3,(H,3,4). The summed E-state index contributed by atoms with van der Waals surface area (Å²) in [7, 11) is 0. The Bertz CT molecular complexity index is 635. The molecule has 3 rings (SSSR count). The average molecular weight is 319 g/mol. The molecule has 1 unspecified atom stereocenters. The molecule has 0 bridgehead atoms. The van der Waals surface area contributed by atoms with Crippen LogP contribution in [0.4, 0.5) is 0 Å². The van der Waals surface area contributed by atoms with Gasteiger partial charge in [0.05, 0.1) is 17.2 Å². The van der Waals surface area contributed by atoms with Gasteiger partial charge in [-0.2, -0.15) is 0 Å². The van der Waals surface area contributed by atoms with Gasteiger partial charge >= 0.3 is 0 Å². The number of carboxylic acids is 1. The molecule has 0 spiro atoms. The van der Waals surface area contributed by atoms with Gasteiger partial charge in [-0.1, -0.05) is 37.3 Å². The van der Waals surface area contributed by atoms with Crippen LogP contribution >= 0.6 is 11.3 Å². The normalized spacial score (nSPS) is 19.8. The van der Waals surface area contributed by atoms with E-state index in [1.807, 2.05) is 6.07 Å². The van der Waals surface area contributed by atoms with E-state index >= 15 is 0 Å². The lowest BCUT2D eigenvalue weighted by Crippen LogP contribution is -2.30. The van der Waals surface area contributed by atoms with Gasteiger partial charge in [-0.05, 0) is 13.3 Å². The molecule has 4 nitrogen and oxygen atoms in total. The first-order chi connectivity index (χ1) is 10.5. The van der Waals surface area contributed by atoms with E-state index in [2.05, 4.69) is 38.1 Å². The molecular weight excluding hydrogens is 298 g/mol. The number of nitrogens with zero attached hydrogens (tertiary/aromatic N) is 1. The predicted octanol–water partition coefficient (Wildman–Crippen LogP) is 4.10. The van der Waals surface area contributed by atoms with Gasteiger partial charge < -0.3 is 9.84 Å². The number of aliphatic carboxylic acids is 1. The topological polar surface area (TPSA) is 59.4 Å². The molecule has 1 aromatic carbocycles. The van der Waals surface area contributed by atoms with Crippen LogP contribution in [-0.4, -0.2) is 22.7 Å². The first-order valence-electron chi connectivity index (χ1n) is 7.35. The van der Waals surface area contributed by atoms with Gasteiger partial charge in [0.2, 0.25) is 0 Å². The third kappa shape index (κ3) is 3.72. The van der Waals surface area contributed by atoms with Crippen molar-refractivity contribution in [1.82, 2.24) is 4.98 Å². The Morgan fingerprint density at radius 1 is 1.41 bits per heavy atom. The Morgan fingerprint density at radius 2 is 2.05 bits per heavy atom. The first-order valence-corrected chi connectivity index (χ1v) is 8.17. The maximum absolute atomic E-state index is 9.00. The van der Waals surface area contributed by atoms with Gasteiger partial charge in [0.15, 0.2) is 0 Å². The van der Waals surface area contributed by atoms with Gasteiger partial charge in [-0.25, -0.2) is 4.98 Å². The number of rotatable bonds is 2.